The van der Waals surface area contributed by atoms with E-state index in [0.717, 1.165) is 10.5 Å². The summed E-state index contributed by atoms with van der Waals surface area (Å²) < 4.78 is 10.1. The first kappa shape index (κ1) is 25.7. The molecule has 0 unspecified atom stereocenters. The summed E-state index contributed by atoms with van der Waals surface area (Å²) in [6.45, 7) is 4.17. The van der Waals surface area contributed by atoms with Gasteiger partial charge in [-0.15, -0.1) is 0 Å². The minimum Gasteiger partial charge on any atom is -0.468 e. The van der Waals surface area contributed by atoms with Crippen molar-refractivity contribution in [2.24, 2.45) is 0 Å². The van der Waals surface area contributed by atoms with Gasteiger partial charge in [0.05, 0.1) is 7.11 Å². The van der Waals surface area contributed by atoms with Gasteiger partial charge < -0.3 is 14.4 Å². The second-order valence-corrected chi connectivity index (χ2v) is 7.98. The van der Waals surface area contributed by atoms with Crippen LogP contribution in [0.15, 0.2) is 60.7 Å². The average molecular weight is 482 g/mol. The van der Waals surface area contributed by atoms with Gasteiger partial charge in [-0.2, -0.15) is 0 Å². The van der Waals surface area contributed by atoms with Crippen LogP contribution in [0.3, 0.4) is 0 Å². The third kappa shape index (κ3) is 5.29. The number of carbonyl (C=O) groups excluding carboxylic acids is 4. The number of benzene rings is 2. The van der Waals surface area contributed by atoms with Crippen LogP contribution in [-0.2, 0) is 25.7 Å². The molecule has 2 aromatic carbocycles. The number of hydrogen-bond acceptors (Lipinski definition) is 6. The van der Waals surface area contributed by atoms with Crippen molar-refractivity contribution in [1.82, 2.24) is 9.80 Å². The Morgan fingerprint density at radius 3 is 2.06 bits per heavy atom. The van der Waals surface area contributed by atoms with Gasteiger partial charge in [-0.25, -0.2) is 9.59 Å². The summed E-state index contributed by atoms with van der Waals surface area (Å²) in [5, 5.41) is 0. The SMILES string of the molecule is CC.COC(=O)CN1C(=O)N(c2ccccc2)C2(CCN(C(=O)OCc3ccccc3)CC2)C1=O. The fourth-order valence-electron chi connectivity index (χ4n) is 4.31. The summed E-state index contributed by atoms with van der Waals surface area (Å²) in [5.74, 6) is -1.14. The smallest absolute Gasteiger partial charge is 0.410 e. The Balaban J connectivity index is 0.00000167. The lowest BCUT2D eigenvalue weighted by atomic mass is 9.85. The first-order valence-corrected chi connectivity index (χ1v) is 11.7. The molecule has 4 amide bonds. The van der Waals surface area contributed by atoms with Crippen LogP contribution in [0.25, 0.3) is 0 Å². The maximum Gasteiger partial charge on any atom is 0.410 e. The predicted molar refractivity (Wildman–Crippen MR) is 130 cm³/mol. The van der Waals surface area contributed by atoms with Crippen LogP contribution in [0, 0.1) is 0 Å². The van der Waals surface area contributed by atoms with Gasteiger partial charge in [0.1, 0.15) is 18.7 Å². The number of ether oxygens (including phenoxy) is 2. The Kier molecular flexibility index (Phi) is 8.46. The summed E-state index contributed by atoms with van der Waals surface area (Å²) >= 11 is 0. The Bertz CT molecular complexity index is 1040. The molecule has 9 nitrogen and oxygen atoms in total. The molecule has 0 N–H and O–H groups in total. The van der Waals surface area contributed by atoms with E-state index in [-0.39, 0.29) is 32.5 Å². The number of imide groups is 1. The number of amides is 4. The molecule has 186 valence electrons. The first-order chi connectivity index (χ1) is 17.0. The molecule has 2 fully saturated rings. The topological polar surface area (TPSA) is 96.5 Å². The maximum absolute atomic E-state index is 13.4. The van der Waals surface area contributed by atoms with E-state index >= 15 is 0 Å². The van der Waals surface area contributed by atoms with Crippen molar-refractivity contribution in [3.8, 4) is 0 Å². The third-order valence-electron chi connectivity index (χ3n) is 6.08. The van der Waals surface area contributed by atoms with Crippen LogP contribution in [-0.4, -0.2) is 66.1 Å². The van der Waals surface area contributed by atoms with Crippen molar-refractivity contribution >= 4 is 29.7 Å². The van der Waals surface area contributed by atoms with Gasteiger partial charge in [0, 0.05) is 18.8 Å². The van der Waals surface area contributed by atoms with Gasteiger partial charge >= 0.3 is 18.1 Å². The van der Waals surface area contributed by atoms with Crippen LogP contribution >= 0.6 is 0 Å². The van der Waals surface area contributed by atoms with E-state index in [9.17, 15) is 19.2 Å². The monoisotopic (exact) mass is 481 g/mol. The first-order valence-electron chi connectivity index (χ1n) is 11.7. The molecule has 2 aliphatic rings. The number of hydrogen-bond donors (Lipinski definition) is 0. The minimum absolute atomic E-state index is 0.155. The molecule has 1 spiro atoms. The number of para-hydroxylation sites is 1. The number of carbonyl (C=O) groups is 4. The number of nitrogens with zero attached hydrogens (tertiary/aromatic N) is 3. The molecule has 0 aliphatic carbocycles. The number of likely N-dealkylation sites (tertiary alicyclic amines) is 1. The van der Waals surface area contributed by atoms with Crippen molar-refractivity contribution in [3.05, 3.63) is 66.2 Å². The minimum atomic E-state index is -1.18. The van der Waals surface area contributed by atoms with Gasteiger partial charge in [0.2, 0.25) is 0 Å². The Morgan fingerprint density at radius 1 is 0.914 bits per heavy atom. The molecule has 9 heteroatoms. The zero-order valence-electron chi connectivity index (χ0n) is 20.3. The predicted octanol–water partition coefficient (Wildman–Crippen LogP) is 3.83. The Hall–Kier alpha value is -3.88. The van der Waals surface area contributed by atoms with Gasteiger partial charge in [-0.3, -0.25) is 19.4 Å². The van der Waals surface area contributed by atoms with E-state index in [1.54, 1.807) is 24.3 Å². The molecule has 0 atom stereocenters. The number of esters is 1. The lowest BCUT2D eigenvalue weighted by molar-refractivity contribution is -0.145. The van der Waals surface area contributed by atoms with Crippen molar-refractivity contribution in [3.63, 3.8) is 0 Å². The third-order valence-corrected chi connectivity index (χ3v) is 6.08. The highest BCUT2D eigenvalue weighted by atomic mass is 16.6. The summed E-state index contributed by atoms with van der Waals surface area (Å²) in [4.78, 5) is 55.0. The van der Waals surface area contributed by atoms with E-state index in [0.29, 0.717) is 5.69 Å². The summed E-state index contributed by atoms with van der Waals surface area (Å²) in [7, 11) is 1.21. The van der Waals surface area contributed by atoms with Crippen molar-refractivity contribution in [2.45, 2.75) is 38.8 Å². The number of methoxy groups -OCH3 is 1. The summed E-state index contributed by atoms with van der Waals surface area (Å²) in [5.41, 5.74) is 0.260. The van der Waals surface area contributed by atoms with E-state index in [1.165, 1.54) is 16.9 Å². The van der Waals surface area contributed by atoms with Crippen LogP contribution in [0.5, 0.6) is 0 Å². The lowest BCUT2D eigenvalue weighted by Crippen LogP contribution is -2.57. The van der Waals surface area contributed by atoms with Gasteiger partial charge in [0.15, 0.2) is 0 Å². The highest BCUT2D eigenvalue weighted by Crippen LogP contribution is 2.40. The number of rotatable bonds is 5. The molecule has 0 radical (unpaired) electrons. The molecule has 2 heterocycles. The fourth-order valence-corrected chi connectivity index (χ4v) is 4.31. The molecule has 2 saturated heterocycles. The van der Waals surface area contributed by atoms with E-state index in [1.807, 2.05) is 50.2 Å². The number of anilines is 1. The maximum atomic E-state index is 13.4. The largest absolute Gasteiger partial charge is 0.468 e. The highest BCUT2D eigenvalue weighted by Gasteiger charge is 2.59. The van der Waals surface area contributed by atoms with Crippen molar-refractivity contribution in [1.29, 1.82) is 0 Å². The molecule has 0 bridgehead atoms. The molecule has 2 aliphatic heterocycles. The molecule has 0 saturated carbocycles. The zero-order chi connectivity index (χ0) is 25.4. The molecule has 2 aromatic rings. The number of piperidine rings is 1. The van der Waals surface area contributed by atoms with Crippen LogP contribution in [0.2, 0.25) is 0 Å². The molecule has 35 heavy (non-hydrogen) atoms. The van der Waals surface area contributed by atoms with Gasteiger partial charge in [-0.05, 0) is 30.5 Å². The van der Waals surface area contributed by atoms with Crippen LogP contribution in [0.4, 0.5) is 15.3 Å². The van der Waals surface area contributed by atoms with Crippen molar-refractivity contribution in [2.75, 3.05) is 31.6 Å². The lowest BCUT2D eigenvalue weighted by Gasteiger charge is -2.41. The Labute approximate surface area is 205 Å². The number of urea groups is 1. The van der Waals surface area contributed by atoms with Crippen molar-refractivity contribution < 1.29 is 28.7 Å². The molecular weight excluding hydrogens is 450 g/mol. The normalized spacial score (nSPS) is 16.6. The molecule has 4 rings (SSSR count). The van der Waals surface area contributed by atoms with Crippen LogP contribution in [0.1, 0.15) is 32.3 Å². The zero-order valence-corrected chi connectivity index (χ0v) is 20.3. The van der Waals surface area contributed by atoms with E-state index in [4.69, 9.17) is 4.74 Å². The highest BCUT2D eigenvalue weighted by molar-refractivity contribution is 6.18. The van der Waals surface area contributed by atoms with Gasteiger partial charge in [0.25, 0.3) is 5.91 Å². The van der Waals surface area contributed by atoms with E-state index < -0.39 is 36.1 Å². The second kappa shape index (κ2) is 11.5. The van der Waals surface area contributed by atoms with E-state index in [2.05, 4.69) is 4.74 Å². The Morgan fingerprint density at radius 2 is 1.49 bits per heavy atom. The average Bonchev–Trinajstić information content (AvgIpc) is 3.10. The standard InChI is InChI=1S/C24H25N3O6.C2H6/c1-32-20(28)16-26-21(29)24(27(22(26)30)19-10-6-3-7-11-19)12-14-25(15-13-24)23(31)33-17-18-8-4-2-5-9-18;1-2/h2-11H,12-17H2,1H3;1-2H3. The fraction of sp³-hybridized carbons (Fsp3) is 0.385. The second-order valence-electron chi connectivity index (χ2n) is 7.98. The summed E-state index contributed by atoms with van der Waals surface area (Å²) in [6.07, 6.45) is -0.0158. The van der Waals surface area contributed by atoms with Crippen LogP contribution < -0.4 is 4.90 Å². The molecular formula is C26H31N3O6. The van der Waals surface area contributed by atoms with Gasteiger partial charge in [-0.1, -0.05) is 62.4 Å². The molecule has 0 aromatic heterocycles. The summed E-state index contributed by atoms with van der Waals surface area (Å²) in [6, 6.07) is 17.7. The quantitative estimate of drug-likeness (QED) is 0.476.